The Morgan fingerprint density at radius 2 is 0.833 bits per heavy atom. The van der Waals surface area contributed by atoms with Crippen molar-refractivity contribution in [3.8, 4) is 0 Å². The molecular weight excluding hydrogens is 304 g/mol. The number of rotatable bonds is 13. The molecule has 0 saturated heterocycles. The van der Waals surface area contributed by atoms with E-state index in [-0.39, 0.29) is 11.9 Å². The van der Waals surface area contributed by atoms with Crippen molar-refractivity contribution in [2.24, 2.45) is 23.7 Å². The van der Waals surface area contributed by atoms with Gasteiger partial charge in [-0.05, 0) is 36.5 Å². The van der Waals surface area contributed by atoms with Crippen LogP contribution in [0.25, 0.3) is 0 Å². The number of hydrogen-bond donors (Lipinski definition) is 0. The summed E-state index contributed by atoms with van der Waals surface area (Å²) in [6, 6.07) is 0. The average Bonchev–Trinajstić information content (AvgIpc) is 2.55. The third-order valence-corrected chi connectivity index (χ3v) is 4.94. The number of esters is 2. The summed E-state index contributed by atoms with van der Waals surface area (Å²) in [4.78, 5) is 22.5. The van der Waals surface area contributed by atoms with Crippen molar-refractivity contribution in [2.45, 2.75) is 79.1 Å². The molecule has 4 atom stereocenters. The van der Waals surface area contributed by atoms with Crippen LogP contribution in [0.4, 0.5) is 0 Å². The van der Waals surface area contributed by atoms with Gasteiger partial charge in [-0.2, -0.15) is 0 Å². The molecule has 0 fully saturated rings. The first-order chi connectivity index (χ1) is 11.3. The van der Waals surface area contributed by atoms with Gasteiger partial charge in [0.1, 0.15) is 0 Å². The second-order valence-electron chi connectivity index (χ2n) is 7.71. The van der Waals surface area contributed by atoms with Crippen LogP contribution in [0.1, 0.15) is 79.1 Å². The normalized spacial score (nSPS) is 16.1. The van der Waals surface area contributed by atoms with E-state index in [0.29, 0.717) is 36.5 Å². The highest BCUT2D eigenvalue weighted by atomic mass is 16.5. The van der Waals surface area contributed by atoms with Gasteiger partial charge in [0, 0.05) is 12.8 Å². The molecule has 0 aliphatic heterocycles. The summed E-state index contributed by atoms with van der Waals surface area (Å²) in [5.74, 6) is 1.97. The first kappa shape index (κ1) is 22.9. The Kier molecular flexibility index (Phi) is 12.7. The molecule has 4 nitrogen and oxygen atoms in total. The molecule has 142 valence electrons. The summed E-state index contributed by atoms with van der Waals surface area (Å²) in [7, 11) is 2.90. The predicted octanol–water partition coefficient (Wildman–Crippen LogP) is 5.00. The van der Waals surface area contributed by atoms with Crippen LogP contribution in [-0.4, -0.2) is 26.2 Å². The molecule has 0 aromatic heterocycles. The van der Waals surface area contributed by atoms with Crippen molar-refractivity contribution in [1.82, 2.24) is 0 Å². The van der Waals surface area contributed by atoms with Crippen molar-refractivity contribution in [3.63, 3.8) is 0 Å². The van der Waals surface area contributed by atoms with Crippen LogP contribution in [0.2, 0.25) is 0 Å². The fourth-order valence-corrected chi connectivity index (χ4v) is 2.94. The van der Waals surface area contributed by atoms with Gasteiger partial charge in [0.25, 0.3) is 0 Å². The first-order valence-electron chi connectivity index (χ1n) is 9.42. The topological polar surface area (TPSA) is 52.6 Å². The van der Waals surface area contributed by atoms with Crippen molar-refractivity contribution in [2.75, 3.05) is 14.2 Å². The van der Waals surface area contributed by atoms with Crippen LogP contribution in [0.3, 0.4) is 0 Å². The number of carbonyl (C=O) groups excluding carboxylic acids is 2. The first-order valence-corrected chi connectivity index (χ1v) is 9.42. The second kappa shape index (κ2) is 13.3. The molecule has 0 aliphatic carbocycles. The maximum atomic E-state index is 11.2. The summed E-state index contributed by atoms with van der Waals surface area (Å²) < 4.78 is 9.43. The van der Waals surface area contributed by atoms with Crippen LogP contribution in [-0.2, 0) is 19.1 Å². The summed E-state index contributed by atoms with van der Waals surface area (Å²) in [5, 5.41) is 0. The Morgan fingerprint density at radius 3 is 1.08 bits per heavy atom. The van der Waals surface area contributed by atoms with Gasteiger partial charge >= 0.3 is 11.9 Å². The Labute approximate surface area is 148 Å². The highest BCUT2D eigenvalue weighted by Gasteiger charge is 2.14. The maximum Gasteiger partial charge on any atom is 0.305 e. The van der Waals surface area contributed by atoms with Gasteiger partial charge in [-0.3, -0.25) is 9.59 Å². The summed E-state index contributed by atoms with van der Waals surface area (Å²) in [6.07, 6.45) is 8.03. The molecule has 0 bridgehead atoms. The Balaban J connectivity index is 3.79. The monoisotopic (exact) mass is 342 g/mol. The van der Waals surface area contributed by atoms with Gasteiger partial charge in [0.05, 0.1) is 14.2 Å². The van der Waals surface area contributed by atoms with Crippen molar-refractivity contribution in [1.29, 1.82) is 0 Å². The fraction of sp³-hybridized carbons (Fsp3) is 0.900. The van der Waals surface area contributed by atoms with E-state index in [1.54, 1.807) is 0 Å². The quantitative estimate of drug-likeness (QED) is 0.442. The Morgan fingerprint density at radius 1 is 0.583 bits per heavy atom. The van der Waals surface area contributed by atoms with E-state index in [9.17, 15) is 9.59 Å². The number of methoxy groups -OCH3 is 2. The molecule has 0 aromatic rings. The summed E-state index contributed by atoms with van der Waals surface area (Å²) >= 11 is 0. The minimum Gasteiger partial charge on any atom is -0.469 e. The minimum absolute atomic E-state index is 0.107. The van der Waals surface area contributed by atoms with Crippen molar-refractivity contribution in [3.05, 3.63) is 0 Å². The van der Waals surface area contributed by atoms with Gasteiger partial charge in [-0.15, -0.1) is 0 Å². The highest BCUT2D eigenvalue weighted by Crippen LogP contribution is 2.24. The molecule has 4 unspecified atom stereocenters. The van der Waals surface area contributed by atoms with E-state index in [1.165, 1.54) is 39.9 Å². The van der Waals surface area contributed by atoms with Gasteiger partial charge in [-0.1, -0.05) is 53.4 Å². The summed E-state index contributed by atoms with van der Waals surface area (Å²) in [5.41, 5.74) is 0. The molecular formula is C20H38O4. The molecule has 0 N–H and O–H groups in total. The van der Waals surface area contributed by atoms with E-state index in [1.807, 2.05) is 0 Å². The van der Waals surface area contributed by atoms with E-state index in [0.717, 1.165) is 12.8 Å². The zero-order valence-corrected chi connectivity index (χ0v) is 16.6. The molecule has 0 spiro atoms. The number of hydrogen-bond acceptors (Lipinski definition) is 4. The van der Waals surface area contributed by atoms with Crippen LogP contribution < -0.4 is 0 Å². The lowest BCUT2D eigenvalue weighted by Gasteiger charge is -2.18. The van der Waals surface area contributed by atoms with Gasteiger partial charge in [0.15, 0.2) is 0 Å². The number of ether oxygens (including phenoxy) is 2. The molecule has 0 amide bonds. The molecule has 0 aliphatic rings. The average molecular weight is 343 g/mol. The van der Waals surface area contributed by atoms with Crippen LogP contribution in [0.5, 0.6) is 0 Å². The van der Waals surface area contributed by atoms with E-state index in [2.05, 4.69) is 27.7 Å². The van der Waals surface area contributed by atoms with Crippen LogP contribution >= 0.6 is 0 Å². The molecule has 0 radical (unpaired) electrons. The third kappa shape index (κ3) is 12.4. The summed E-state index contributed by atoms with van der Waals surface area (Å²) in [6.45, 7) is 8.85. The van der Waals surface area contributed by atoms with E-state index in [4.69, 9.17) is 9.47 Å². The Hall–Kier alpha value is -1.06. The lowest BCUT2D eigenvalue weighted by Crippen LogP contribution is -2.10. The zero-order chi connectivity index (χ0) is 18.5. The highest BCUT2D eigenvalue weighted by molar-refractivity contribution is 5.69. The lowest BCUT2D eigenvalue weighted by molar-refractivity contribution is -0.142. The molecule has 24 heavy (non-hydrogen) atoms. The molecule has 0 aromatic carbocycles. The van der Waals surface area contributed by atoms with Crippen molar-refractivity contribution >= 4 is 11.9 Å². The van der Waals surface area contributed by atoms with Crippen LogP contribution in [0.15, 0.2) is 0 Å². The smallest absolute Gasteiger partial charge is 0.305 e. The number of carbonyl (C=O) groups is 2. The van der Waals surface area contributed by atoms with Gasteiger partial charge in [0.2, 0.25) is 0 Å². The molecule has 0 rings (SSSR count). The van der Waals surface area contributed by atoms with Crippen LogP contribution in [0, 0.1) is 23.7 Å². The third-order valence-electron chi connectivity index (χ3n) is 4.94. The van der Waals surface area contributed by atoms with Gasteiger partial charge in [-0.25, -0.2) is 0 Å². The maximum absolute atomic E-state index is 11.2. The molecule has 0 heterocycles. The SMILES string of the molecule is COC(=O)CC(C)CCC(C)CCC(C)CCC(C)CC(=O)OC. The van der Waals surface area contributed by atoms with Gasteiger partial charge < -0.3 is 9.47 Å². The van der Waals surface area contributed by atoms with E-state index < -0.39 is 0 Å². The molecule has 0 saturated carbocycles. The predicted molar refractivity (Wildman–Crippen MR) is 97.6 cm³/mol. The van der Waals surface area contributed by atoms with Crippen molar-refractivity contribution < 1.29 is 19.1 Å². The van der Waals surface area contributed by atoms with E-state index >= 15 is 0 Å². The molecule has 4 heteroatoms. The lowest BCUT2D eigenvalue weighted by atomic mass is 9.88. The standard InChI is InChI=1S/C20H38O4/c1-15(9-11-17(3)13-19(21)23-5)7-8-16(2)10-12-18(4)14-20(22)24-6/h15-18H,7-14H2,1-6H3. The second-order valence-corrected chi connectivity index (χ2v) is 7.71. The Bertz CT molecular complexity index is 320. The largest absolute Gasteiger partial charge is 0.469 e. The fourth-order valence-electron chi connectivity index (χ4n) is 2.94. The zero-order valence-electron chi connectivity index (χ0n) is 16.6. The minimum atomic E-state index is -0.107.